The van der Waals surface area contributed by atoms with Gasteiger partial charge >= 0.3 is 0 Å². The summed E-state index contributed by atoms with van der Waals surface area (Å²) in [6.45, 7) is 2.24. The first kappa shape index (κ1) is 13.9. The van der Waals surface area contributed by atoms with Gasteiger partial charge in [0.2, 0.25) is 0 Å². The molecular weight excluding hydrogens is 256 g/mol. The van der Waals surface area contributed by atoms with Crippen molar-refractivity contribution in [3.8, 4) is 0 Å². The molecule has 0 fully saturated rings. The predicted octanol–water partition coefficient (Wildman–Crippen LogP) is 5.09. The maximum atomic E-state index is 6.06. The first-order chi connectivity index (χ1) is 10.3. The summed E-state index contributed by atoms with van der Waals surface area (Å²) in [5.41, 5.74) is 10.3. The van der Waals surface area contributed by atoms with E-state index in [1.165, 1.54) is 42.0 Å². The van der Waals surface area contributed by atoms with Crippen molar-refractivity contribution in [1.82, 2.24) is 4.98 Å². The fourth-order valence-electron chi connectivity index (χ4n) is 2.93. The quantitative estimate of drug-likeness (QED) is 0.401. The van der Waals surface area contributed by atoms with Gasteiger partial charge in [-0.1, -0.05) is 44.4 Å². The van der Waals surface area contributed by atoms with E-state index >= 15 is 0 Å². The van der Waals surface area contributed by atoms with Crippen LogP contribution in [0.5, 0.6) is 0 Å². The van der Waals surface area contributed by atoms with Crippen molar-refractivity contribution in [1.29, 1.82) is 0 Å². The maximum absolute atomic E-state index is 6.06. The molecule has 0 unspecified atom stereocenters. The zero-order valence-electron chi connectivity index (χ0n) is 12.6. The summed E-state index contributed by atoms with van der Waals surface area (Å²) in [7, 11) is 0. The molecule has 0 aliphatic heterocycles. The summed E-state index contributed by atoms with van der Waals surface area (Å²) in [5, 5.41) is 2.45. The number of nitrogens with two attached hydrogens (primary N) is 1. The summed E-state index contributed by atoms with van der Waals surface area (Å²) >= 11 is 0. The zero-order valence-corrected chi connectivity index (χ0v) is 12.6. The Bertz CT molecular complexity index is 762. The third kappa shape index (κ3) is 2.99. The van der Waals surface area contributed by atoms with Gasteiger partial charge in [0.15, 0.2) is 0 Å². The standard InChI is InChI=1S/C19H22N2/c1-2-3-4-5-8-14-11-16(20)13-19-17(14)12-15-9-6-7-10-18(15)21-19/h6-7,9-13H,2-5,8,20H2,1H3. The van der Waals surface area contributed by atoms with Gasteiger partial charge in [-0.15, -0.1) is 0 Å². The third-order valence-corrected chi connectivity index (χ3v) is 4.04. The highest BCUT2D eigenvalue weighted by molar-refractivity contribution is 5.95. The number of aryl methyl sites for hydroxylation is 1. The lowest BCUT2D eigenvalue weighted by molar-refractivity contribution is 0.668. The largest absolute Gasteiger partial charge is 0.399 e. The molecule has 0 atom stereocenters. The Labute approximate surface area is 126 Å². The molecule has 0 amide bonds. The highest BCUT2D eigenvalue weighted by atomic mass is 14.7. The average molecular weight is 278 g/mol. The Morgan fingerprint density at radius 1 is 0.952 bits per heavy atom. The predicted molar refractivity (Wildman–Crippen MR) is 91.5 cm³/mol. The first-order valence-electron chi connectivity index (χ1n) is 7.86. The smallest absolute Gasteiger partial charge is 0.0732 e. The maximum Gasteiger partial charge on any atom is 0.0732 e. The van der Waals surface area contributed by atoms with E-state index in [-0.39, 0.29) is 0 Å². The molecule has 108 valence electrons. The van der Waals surface area contributed by atoms with Crippen LogP contribution in [0, 0.1) is 0 Å². The molecule has 0 radical (unpaired) electrons. The fraction of sp³-hybridized carbons (Fsp3) is 0.316. The second kappa shape index (κ2) is 6.13. The lowest BCUT2D eigenvalue weighted by atomic mass is 9.99. The number of rotatable bonds is 5. The summed E-state index contributed by atoms with van der Waals surface area (Å²) in [6, 6.07) is 14.6. The van der Waals surface area contributed by atoms with Gasteiger partial charge in [-0.3, -0.25) is 0 Å². The van der Waals surface area contributed by atoms with Crippen LogP contribution in [-0.4, -0.2) is 4.98 Å². The molecule has 2 heteroatoms. The van der Waals surface area contributed by atoms with Crippen LogP contribution in [0.1, 0.15) is 38.2 Å². The second-order valence-corrected chi connectivity index (χ2v) is 5.74. The van der Waals surface area contributed by atoms with Gasteiger partial charge in [-0.25, -0.2) is 4.98 Å². The molecule has 0 aliphatic carbocycles. The number of hydrogen-bond donors (Lipinski definition) is 1. The average Bonchev–Trinajstić information content (AvgIpc) is 2.49. The van der Waals surface area contributed by atoms with Gasteiger partial charge < -0.3 is 5.73 Å². The van der Waals surface area contributed by atoms with Crippen molar-refractivity contribution in [2.75, 3.05) is 5.73 Å². The molecular formula is C19H22N2. The number of anilines is 1. The van der Waals surface area contributed by atoms with E-state index in [9.17, 15) is 0 Å². The molecule has 0 aliphatic rings. The Morgan fingerprint density at radius 3 is 2.67 bits per heavy atom. The Kier molecular flexibility index (Phi) is 4.05. The molecule has 3 rings (SSSR count). The monoisotopic (exact) mass is 278 g/mol. The zero-order chi connectivity index (χ0) is 14.7. The number of nitrogens with zero attached hydrogens (tertiary/aromatic N) is 1. The molecule has 2 N–H and O–H groups in total. The number of unbranched alkanes of at least 4 members (excludes halogenated alkanes) is 3. The Balaban J connectivity index is 2.03. The van der Waals surface area contributed by atoms with Gasteiger partial charge in [0.1, 0.15) is 0 Å². The van der Waals surface area contributed by atoms with Crippen LogP contribution >= 0.6 is 0 Å². The third-order valence-electron chi connectivity index (χ3n) is 4.04. The van der Waals surface area contributed by atoms with E-state index < -0.39 is 0 Å². The molecule has 3 aromatic rings. The van der Waals surface area contributed by atoms with E-state index in [2.05, 4.69) is 37.3 Å². The van der Waals surface area contributed by atoms with Crippen LogP contribution in [0.4, 0.5) is 5.69 Å². The number of pyridine rings is 1. The summed E-state index contributed by atoms with van der Waals surface area (Å²) in [5.74, 6) is 0. The van der Waals surface area contributed by atoms with Gasteiger partial charge in [0.05, 0.1) is 11.0 Å². The van der Waals surface area contributed by atoms with E-state index in [0.717, 1.165) is 23.1 Å². The Morgan fingerprint density at radius 2 is 1.81 bits per heavy atom. The highest BCUT2D eigenvalue weighted by Gasteiger charge is 2.06. The number of hydrogen-bond acceptors (Lipinski definition) is 2. The summed E-state index contributed by atoms with van der Waals surface area (Å²) in [4.78, 5) is 4.76. The lowest BCUT2D eigenvalue weighted by Gasteiger charge is -2.09. The van der Waals surface area contributed by atoms with Crippen LogP contribution < -0.4 is 5.73 Å². The van der Waals surface area contributed by atoms with Gasteiger partial charge in [-0.05, 0) is 42.7 Å². The Hall–Kier alpha value is -2.09. The van der Waals surface area contributed by atoms with Crippen molar-refractivity contribution in [2.24, 2.45) is 0 Å². The van der Waals surface area contributed by atoms with Gasteiger partial charge in [0.25, 0.3) is 0 Å². The number of nitrogen functional groups attached to an aromatic ring is 1. The van der Waals surface area contributed by atoms with Crippen LogP contribution in [-0.2, 0) is 6.42 Å². The summed E-state index contributed by atoms with van der Waals surface area (Å²) < 4.78 is 0. The minimum absolute atomic E-state index is 0.816. The van der Waals surface area contributed by atoms with Crippen molar-refractivity contribution < 1.29 is 0 Å². The fourth-order valence-corrected chi connectivity index (χ4v) is 2.93. The van der Waals surface area contributed by atoms with E-state index in [1.54, 1.807) is 0 Å². The molecule has 1 heterocycles. The first-order valence-corrected chi connectivity index (χ1v) is 7.86. The lowest BCUT2D eigenvalue weighted by Crippen LogP contribution is -1.94. The molecule has 0 saturated heterocycles. The number of aromatic nitrogens is 1. The second-order valence-electron chi connectivity index (χ2n) is 5.74. The molecule has 21 heavy (non-hydrogen) atoms. The van der Waals surface area contributed by atoms with Crippen molar-refractivity contribution in [3.05, 3.63) is 48.0 Å². The van der Waals surface area contributed by atoms with Gasteiger partial charge in [0, 0.05) is 16.5 Å². The minimum Gasteiger partial charge on any atom is -0.399 e. The van der Waals surface area contributed by atoms with Crippen molar-refractivity contribution >= 4 is 27.5 Å². The van der Waals surface area contributed by atoms with Crippen LogP contribution in [0.2, 0.25) is 0 Å². The minimum atomic E-state index is 0.816. The molecule has 0 bridgehead atoms. The SMILES string of the molecule is CCCCCCc1cc(N)cc2nc3ccccc3cc12. The normalized spacial score (nSPS) is 11.3. The molecule has 0 saturated carbocycles. The van der Waals surface area contributed by atoms with E-state index in [1.807, 2.05) is 12.1 Å². The molecule has 2 nitrogen and oxygen atoms in total. The van der Waals surface area contributed by atoms with Gasteiger partial charge in [-0.2, -0.15) is 0 Å². The van der Waals surface area contributed by atoms with E-state index in [4.69, 9.17) is 10.7 Å². The topological polar surface area (TPSA) is 38.9 Å². The van der Waals surface area contributed by atoms with Crippen LogP contribution in [0.25, 0.3) is 21.8 Å². The molecule has 0 spiro atoms. The molecule has 2 aromatic carbocycles. The van der Waals surface area contributed by atoms with Crippen molar-refractivity contribution in [2.45, 2.75) is 39.0 Å². The number of para-hydroxylation sites is 1. The molecule has 1 aromatic heterocycles. The van der Waals surface area contributed by atoms with Crippen LogP contribution in [0.3, 0.4) is 0 Å². The van der Waals surface area contributed by atoms with Crippen molar-refractivity contribution in [3.63, 3.8) is 0 Å². The van der Waals surface area contributed by atoms with Crippen LogP contribution in [0.15, 0.2) is 42.5 Å². The summed E-state index contributed by atoms with van der Waals surface area (Å²) in [6.07, 6.45) is 6.17. The highest BCUT2D eigenvalue weighted by Crippen LogP contribution is 2.26. The van der Waals surface area contributed by atoms with E-state index in [0.29, 0.717) is 0 Å². The number of fused-ring (bicyclic) bond motifs is 2. The number of benzene rings is 2.